The van der Waals surface area contributed by atoms with Crippen LogP contribution in [0.4, 0.5) is 0 Å². The van der Waals surface area contributed by atoms with Crippen molar-refractivity contribution in [3.05, 3.63) is 59.2 Å². The van der Waals surface area contributed by atoms with Gasteiger partial charge in [-0.2, -0.15) is 0 Å². The molecule has 110 valence electrons. The molecular weight excluding hydrogens is 264 g/mol. The number of rotatable bonds is 3. The molecule has 0 aliphatic carbocycles. The van der Waals surface area contributed by atoms with Gasteiger partial charge in [0.2, 0.25) is 0 Å². The first-order valence-electron chi connectivity index (χ1n) is 7.25. The van der Waals surface area contributed by atoms with E-state index in [4.69, 9.17) is 9.47 Å². The van der Waals surface area contributed by atoms with Gasteiger partial charge in [-0.3, -0.25) is 0 Å². The number of hydrogen-bond donors (Lipinski definition) is 1. The zero-order valence-corrected chi connectivity index (χ0v) is 12.4. The van der Waals surface area contributed by atoms with Crippen LogP contribution in [0.3, 0.4) is 0 Å². The fraction of sp³-hybridized carbons (Fsp3) is 0.333. The summed E-state index contributed by atoms with van der Waals surface area (Å²) < 4.78 is 11.2. The zero-order valence-electron chi connectivity index (χ0n) is 12.4. The quantitative estimate of drug-likeness (QED) is 0.940. The first kappa shape index (κ1) is 14.0. The zero-order chi connectivity index (χ0) is 14.9. The molecule has 0 saturated carbocycles. The molecule has 0 fully saturated rings. The molecule has 1 N–H and O–H groups in total. The Morgan fingerprint density at radius 2 is 1.86 bits per heavy atom. The lowest BCUT2D eigenvalue weighted by atomic mass is 9.85. The van der Waals surface area contributed by atoms with Crippen LogP contribution in [0.25, 0.3) is 0 Å². The van der Waals surface area contributed by atoms with Gasteiger partial charge in [0, 0.05) is 11.1 Å². The summed E-state index contributed by atoms with van der Waals surface area (Å²) in [6.07, 6.45) is 2.01. The molecule has 1 heterocycles. The standard InChI is InChI=1S/C18H20O3/c1-18(19,14-9-3-4-11-16(14)20-2)15-10-5-7-13-8-6-12-21-17(13)15/h3-5,7,9-11,19H,6,8,12H2,1-2H3. The molecule has 0 spiro atoms. The minimum absolute atomic E-state index is 0.677. The lowest BCUT2D eigenvalue weighted by Gasteiger charge is -2.30. The Bertz CT molecular complexity index is 647. The summed E-state index contributed by atoms with van der Waals surface area (Å²) in [4.78, 5) is 0. The number of methoxy groups -OCH3 is 1. The number of aliphatic hydroxyl groups is 1. The fourth-order valence-electron chi connectivity index (χ4n) is 2.96. The molecule has 1 unspecified atom stereocenters. The van der Waals surface area contributed by atoms with Gasteiger partial charge in [0.25, 0.3) is 0 Å². The van der Waals surface area contributed by atoms with Crippen LogP contribution in [0.15, 0.2) is 42.5 Å². The van der Waals surface area contributed by atoms with Crippen LogP contribution < -0.4 is 9.47 Å². The maximum atomic E-state index is 11.2. The van der Waals surface area contributed by atoms with Crippen LogP contribution in [-0.2, 0) is 12.0 Å². The summed E-state index contributed by atoms with van der Waals surface area (Å²) >= 11 is 0. The molecule has 0 radical (unpaired) electrons. The second-order valence-corrected chi connectivity index (χ2v) is 5.52. The van der Waals surface area contributed by atoms with E-state index in [2.05, 4.69) is 6.07 Å². The van der Waals surface area contributed by atoms with E-state index in [0.29, 0.717) is 12.4 Å². The highest BCUT2D eigenvalue weighted by Crippen LogP contribution is 2.42. The normalized spacial score (nSPS) is 16.5. The molecule has 0 amide bonds. The van der Waals surface area contributed by atoms with Crippen LogP contribution in [0.1, 0.15) is 30.0 Å². The number of aryl methyl sites for hydroxylation is 1. The Hall–Kier alpha value is -2.00. The van der Waals surface area contributed by atoms with Crippen molar-refractivity contribution in [2.45, 2.75) is 25.4 Å². The van der Waals surface area contributed by atoms with Crippen molar-refractivity contribution < 1.29 is 14.6 Å². The number of benzene rings is 2. The highest BCUT2D eigenvalue weighted by molar-refractivity contribution is 5.52. The monoisotopic (exact) mass is 284 g/mol. The highest BCUT2D eigenvalue weighted by atomic mass is 16.5. The molecule has 21 heavy (non-hydrogen) atoms. The Morgan fingerprint density at radius 1 is 1.10 bits per heavy atom. The average Bonchev–Trinajstić information content (AvgIpc) is 2.54. The first-order chi connectivity index (χ1) is 10.1. The van der Waals surface area contributed by atoms with Gasteiger partial charge < -0.3 is 14.6 Å². The smallest absolute Gasteiger partial charge is 0.128 e. The van der Waals surface area contributed by atoms with E-state index in [1.165, 1.54) is 0 Å². The second kappa shape index (κ2) is 5.41. The van der Waals surface area contributed by atoms with Gasteiger partial charge in [0.05, 0.1) is 13.7 Å². The molecular formula is C18H20O3. The van der Waals surface area contributed by atoms with E-state index in [-0.39, 0.29) is 0 Å². The highest BCUT2D eigenvalue weighted by Gasteiger charge is 2.33. The molecule has 2 aromatic rings. The molecule has 3 heteroatoms. The summed E-state index contributed by atoms with van der Waals surface area (Å²) in [6, 6.07) is 13.5. The summed E-state index contributed by atoms with van der Waals surface area (Å²) in [5.74, 6) is 1.50. The van der Waals surface area contributed by atoms with Crippen molar-refractivity contribution in [1.82, 2.24) is 0 Å². The third-order valence-electron chi connectivity index (χ3n) is 4.09. The van der Waals surface area contributed by atoms with Crippen LogP contribution in [-0.4, -0.2) is 18.8 Å². The Kier molecular flexibility index (Phi) is 3.60. The average molecular weight is 284 g/mol. The maximum absolute atomic E-state index is 11.2. The third-order valence-corrected chi connectivity index (χ3v) is 4.09. The Labute approximate surface area is 125 Å². The van der Waals surface area contributed by atoms with Gasteiger partial charge in [-0.25, -0.2) is 0 Å². The van der Waals surface area contributed by atoms with E-state index < -0.39 is 5.60 Å². The van der Waals surface area contributed by atoms with Crippen LogP contribution in [0.5, 0.6) is 11.5 Å². The minimum Gasteiger partial charge on any atom is -0.496 e. The molecule has 0 saturated heterocycles. The minimum atomic E-state index is -1.16. The number of fused-ring (bicyclic) bond motifs is 1. The first-order valence-corrected chi connectivity index (χ1v) is 7.25. The largest absolute Gasteiger partial charge is 0.496 e. The van der Waals surface area contributed by atoms with Crippen LogP contribution >= 0.6 is 0 Å². The summed E-state index contributed by atoms with van der Waals surface area (Å²) in [6.45, 7) is 2.49. The molecule has 0 bridgehead atoms. The Balaban J connectivity index is 2.14. The van der Waals surface area contributed by atoms with Crippen molar-refractivity contribution >= 4 is 0 Å². The molecule has 2 aromatic carbocycles. The van der Waals surface area contributed by atoms with Crippen molar-refractivity contribution in [3.63, 3.8) is 0 Å². The van der Waals surface area contributed by atoms with Crippen molar-refractivity contribution in [2.75, 3.05) is 13.7 Å². The van der Waals surface area contributed by atoms with Crippen molar-refractivity contribution in [3.8, 4) is 11.5 Å². The molecule has 1 atom stereocenters. The lowest BCUT2D eigenvalue weighted by molar-refractivity contribution is 0.0937. The molecule has 0 aromatic heterocycles. The third kappa shape index (κ3) is 2.38. The second-order valence-electron chi connectivity index (χ2n) is 5.52. The van der Waals surface area contributed by atoms with Crippen LogP contribution in [0, 0.1) is 0 Å². The topological polar surface area (TPSA) is 38.7 Å². The van der Waals surface area contributed by atoms with E-state index in [1.54, 1.807) is 14.0 Å². The van der Waals surface area contributed by atoms with E-state index >= 15 is 0 Å². The van der Waals surface area contributed by atoms with Gasteiger partial charge in [-0.15, -0.1) is 0 Å². The van der Waals surface area contributed by atoms with Gasteiger partial charge >= 0.3 is 0 Å². The van der Waals surface area contributed by atoms with Gasteiger partial charge in [0.15, 0.2) is 0 Å². The maximum Gasteiger partial charge on any atom is 0.128 e. The van der Waals surface area contributed by atoms with Crippen LogP contribution in [0.2, 0.25) is 0 Å². The van der Waals surface area contributed by atoms with Gasteiger partial charge in [-0.1, -0.05) is 36.4 Å². The van der Waals surface area contributed by atoms with Crippen molar-refractivity contribution in [2.24, 2.45) is 0 Å². The Morgan fingerprint density at radius 3 is 2.67 bits per heavy atom. The predicted octanol–water partition coefficient (Wildman–Crippen LogP) is 3.28. The van der Waals surface area contributed by atoms with Gasteiger partial charge in [-0.05, 0) is 31.4 Å². The number of ether oxygens (including phenoxy) is 2. The van der Waals surface area contributed by atoms with E-state index in [1.807, 2.05) is 36.4 Å². The fourth-order valence-corrected chi connectivity index (χ4v) is 2.96. The number of para-hydroxylation sites is 2. The molecule has 1 aliphatic heterocycles. The van der Waals surface area contributed by atoms with E-state index in [9.17, 15) is 5.11 Å². The summed E-state index contributed by atoms with van der Waals surface area (Å²) in [7, 11) is 1.62. The lowest BCUT2D eigenvalue weighted by Crippen LogP contribution is -2.26. The molecule has 3 rings (SSSR count). The molecule has 1 aliphatic rings. The predicted molar refractivity (Wildman–Crippen MR) is 81.9 cm³/mol. The molecule has 3 nitrogen and oxygen atoms in total. The van der Waals surface area contributed by atoms with Gasteiger partial charge in [0.1, 0.15) is 17.1 Å². The summed E-state index contributed by atoms with van der Waals surface area (Å²) in [5.41, 5.74) is 1.54. The van der Waals surface area contributed by atoms with Crippen molar-refractivity contribution in [1.29, 1.82) is 0 Å². The summed E-state index contributed by atoms with van der Waals surface area (Å²) in [5, 5.41) is 11.2. The SMILES string of the molecule is COc1ccccc1C(C)(O)c1cccc2c1OCCC2. The number of hydrogen-bond acceptors (Lipinski definition) is 3. The van der Waals surface area contributed by atoms with E-state index in [0.717, 1.165) is 35.3 Å².